The second-order valence-electron chi connectivity index (χ2n) is 4.82. The summed E-state index contributed by atoms with van der Waals surface area (Å²) in [6.45, 7) is 0.593. The van der Waals surface area contributed by atoms with Crippen LogP contribution in [0.3, 0.4) is 0 Å². The molecule has 1 aromatic heterocycles. The molecule has 0 saturated heterocycles. The van der Waals surface area contributed by atoms with E-state index in [1.807, 2.05) is 29.8 Å². The maximum absolute atomic E-state index is 13.3. The molecule has 3 aromatic rings. The van der Waals surface area contributed by atoms with Crippen LogP contribution in [0.25, 0.3) is 22.4 Å². The Hall–Kier alpha value is -2.20. The Labute approximate surface area is 116 Å². The van der Waals surface area contributed by atoms with E-state index in [-0.39, 0.29) is 5.82 Å². The van der Waals surface area contributed by atoms with Crippen LogP contribution in [0.1, 0.15) is 5.56 Å². The van der Waals surface area contributed by atoms with Crippen LogP contribution in [0, 0.1) is 5.82 Å². The highest BCUT2D eigenvalue weighted by Gasteiger charge is 2.13. The lowest BCUT2D eigenvalue weighted by molar-refractivity contribution is 0.629. The Morgan fingerprint density at radius 2 is 2.00 bits per heavy atom. The monoisotopic (exact) mass is 269 g/mol. The number of imidazole rings is 1. The second kappa shape index (κ2) is 5.06. The van der Waals surface area contributed by atoms with E-state index in [1.54, 1.807) is 6.07 Å². The highest BCUT2D eigenvalue weighted by atomic mass is 19.1. The molecule has 3 nitrogen and oxygen atoms in total. The van der Waals surface area contributed by atoms with Gasteiger partial charge < -0.3 is 10.3 Å². The summed E-state index contributed by atoms with van der Waals surface area (Å²) < 4.78 is 15.3. The molecule has 0 fully saturated rings. The molecular formula is C16H16FN3. The van der Waals surface area contributed by atoms with Crippen LogP contribution in [-0.4, -0.2) is 16.1 Å². The molecule has 0 radical (unpaired) electrons. The molecular weight excluding hydrogens is 253 g/mol. The summed E-state index contributed by atoms with van der Waals surface area (Å²) in [5, 5.41) is 0. The summed E-state index contributed by atoms with van der Waals surface area (Å²) >= 11 is 0. The van der Waals surface area contributed by atoms with E-state index in [0.29, 0.717) is 12.1 Å². The smallest absolute Gasteiger partial charge is 0.141 e. The van der Waals surface area contributed by atoms with Gasteiger partial charge in [0.15, 0.2) is 0 Å². The van der Waals surface area contributed by atoms with Gasteiger partial charge in [-0.25, -0.2) is 9.37 Å². The van der Waals surface area contributed by atoms with Gasteiger partial charge in [-0.2, -0.15) is 0 Å². The zero-order valence-corrected chi connectivity index (χ0v) is 11.3. The van der Waals surface area contributed by atoms with E-state index in [4.69, 9.17) is 5.73 Å². The summed E-state index contributed by atoms with van der Waals surface area (Å²) in [6.07, 6.45) is 0.799. The molecule has 0 bridgehead atoms. The molecule has 2 aromatic carbocycles. The number of aryl methyl sites for hydroxylation is 1. The maximum Gasteiger partial charge on any atom is 0.141 e. The van der Waals surface area contributed by atoms with E-state index in [2.05, 4.69) is 11.1 Å². The van der Waals surface area contributed by atoms with Crippen molar-refractivity contribution in [3.05, 3.63) is 53.8 Å². The van der Waals surface area contributed by atoms with Crippen LogP contribution in [0.2, 0.25) is 0 Å². The maximum atomic E-state index is 13.3. The van der Waals surface area contributed by atoms with Crippen LogP contribution in [0.4, 0.5) is 4.39 Å². The number of rotatable bonds is 3. The first-order chi connectivity index (χ1) is 9.70. The molecule has 0 aliphatic heterocycles. The normalized spacial score (nSPS) is 11.2. The average Bonchev–Trinajstić information content (AvgIpc) is 2.76. The van der Waals surface area contributed by atoms with Crippen molar-refractivity contribution in [3.8, 4) is 11.4 Å². The second-order valence-corrected chi connectivity index (χ2v) is 4.82. The number of hydrogen-bond acceptors (Lipinski definition) is 2. The van der Waals surface area contributed by atoms with Crippen molar-refractivity contribution < 1.29 is 4.39 Å². The van der Waals surface area contributed by atoms with Crippen molar-refractivity contribution in [2.75, 3.05) is 6.54 Å². The third-order valence-electron chi connectivity index (χ3n) is 3.51. The molecule has 102 valence electrons. The molecule has 1 heterocycles. The van der Waals surface area contributed by atoms with Gasteiger partial charge in [0.25, 0.3) is 0 Å². The third-order valence-corrected chi connectivity index (χ3v) is 3.51. The Bertz CT molecular complexity index is 762. The molecule has 20 heavy (non-hydrogen) atoms. The first-order valence-electron chi connectivity index (χ1n) is 6.61. The number of hydrogen-bond donors (Lipinski definition) is 1. The van der Waals surface area contributed by atoms with E-state index in [0.717, 1.165) is 28.9 Å². The number of benzene rings is 2. The van der Waals surface area contributed by atoms with Gasteiger partial charge in [-0.15, -0.1) is 0 Å². The lowest BCUT2D eigenvalue weighted by Crippen LogP contribution is -2.05. The average molecular weight is 269 g/mol. The van der Waals surface area contributed by atoms with Crippen molar-refractivity contribution >= 4 is 11.0 Å². The van der Waals surface area contributed by atoms with Crippen molar-refractivity contribution in [2.45, 2.75) is 6.42 Å². The van der Waals surface area contributed by atoms with Crippen molar-refractivity contribution in [3.63, 3.8) is 0 Å². The number of nitrogens with zero attached hydrogens (tertiary/aromatic N) is 2. The highest BCUT2D eigenvalue weighted by molar-refractivity contribution is 5.81. The fraction of sp³-hybridized carbons (Fsp3) is 0.188. The van der Waals surface area contributed by atoms with Crippen LogP contribution in [0.15, 0.2) is 42.5 Å². The third kappa shape index (κ3) is 2.08. The Morgan fingerprint density at radius 1 is 1.20 bits per heavy atom. The summed E-state index contributed by atoms with van der Waals surface area (Å²) in [4.78, 5) is 4.57. The van der Waals surface area contributed by atoms with Crippen LogP contribution in [-0.2, 0) is 13.5 Å². The summed E-state index contributed by atoms with van der Waals surface area (Å²) in [5.41, 5.74) is 9.47. The predicted molar refractivity (Wildman–Crippen MR) is 78.9 cm³/mol. The Balaban J connectivity index is 2.22. The topological polar surface area (TPSA) is 43.8 Å². The van der Waals surface area contributed by atoms with Gasteiger partial charge in [0.1, 0.15) is 11.6 Å². The van der Waals surface area contributed by atoms with Crippen molar-refractivity contribution in [1.82, 2.24) is 9.55 Å². The zero-order chi connectivity index (χ0) is 14.1. The molecule has 0 saturated carbocycles. The van der Waals surface area contributed by atoms with Crippen LogP contribution < -0.4 is 5.73 Å². The van der Waals surface area contributed by atoms with Gasteiger partial charge in [0, 0.05) is 18.7 Å². The number of nitrogens with two attached hydrogens (primary N) is 1. The molecule has 0 amide bonds. The Morgan fingerprint density at radius 3 is 2.80 bits per heavy atom. The first kappa shape index (κ1) is 12.8. The largest absolute Gasteiger partial charge is 0.330 e. The predicted octanol–water partition coefficient (Wildman–Crippen LogP) is 2.88. The molecule has 4 heteroatoms. The lowest BCUT2D eigenvalue weighted by atomic mass is 10.0. The molecule has 0 aliphatic rings. The van der Waals surface area contributed by atoms with Gasteiger partial charge >= 0.3 is 0 Å². The number of halogens is 1. The number of fused-ring (bicyclic) bond motifs is 1. The van der Waals surface area contributed by atoms with Crippen molar-refractivity contribution in [1.29, 1.82) is 0 Å². The molecule has 3 rings (SSSR count). The van der Waals surface area contributed by atoms with Gasteiger partial charge in [-0.3, -0.25) is 0 Å². The molecule has 0 aliphatic carbocycles. The van der Waals surface area contributed by atoms with Crippen molar-refractivity contribution in [2.24, 2.45) is 12.8 Å². The zero-order valence-electron chi connectivity index (χ0n) is 11.3. The van der Waals surface area contributed by atoms with Crippen LogP contribution >= 0.6 is 0 Å². The molecule has 0 unspecified atom stereocenters. The molecule has 0 spiro atoms. The standard InChI is InChI=1S/C16H16FN3/c1-20-15-7-6-12(17)10-14(15)19-16(20)13-5-3-2-4-11(13)8-9-18/h2-7,10H,8-9,18H2,1H3. The fourth-order valence-corrected chi connectivity index (χ4v) is 2.53. The minimum absolute atomic E-state index is 0.266. The van der Waals surface area contributed by atoms with Gasteiger partial charge in [-0.1, -0.05) is 24.3 Å². The molecule has 2 N–H and O–H groups in total. The highest BCUT2D eigenvalue weighted by Crippen LogP contribution is 2.27. The van der Waals surface area contributed by atoms with Crippen LogP contribution in [0.5, 0.6) is 0 Å². The first-order valence-corrected chi connectivity index (χ1v) is 6.61. The van der Waals surface area contributed by atoms with E-state index >= 15 is 0 Å². The fourth-order valence-electron chi connectivity index (χ4n) is 2.53. The van der Waals surface area contributed by atoms with E-state index in [1.165, 1.54) is 12.1 Å². The summed E-state index contributed by atoms with van der Waals surface area (Å²) in [5.74, 6) is 0.576. The van der Waals surface area contributed by atoms with E-state index in [9.17, 15) is 4.39 Å². The Kier molecular flexibility index (Phi) is 3.24. The van der Waals surface area contributed by atoms with Gasteiger partial charge in [-0.05, 0) is 30.7 Å². The van der Waals surface area contributed by atoms with Gasteiger partial charge in [0.2, 0.25) is 0 Å². The van der Waals surface area contributed by atoms with Gasteiger partial charge in [0.05, 0.1) is 11.0 Å². The minimum Gasteiger partial charge on any atom is -0.330 e. The molecule has 0 atom stereocenters. The lowest BCUT2D eigenvalue weighted by Gasteiger charge is -2.08. The number of aromatic nitrogens is 2. The summed E-state index contributed by atoms with van der Waals surface area (Å²) in [7, 11) is 1.95. The SMILES string of the molecule is Cn1c(-c2ccccc2CCN)nc2cc(F)ccc21. The minimum atomic E-state index is -0.266. The van der Waals surface area contributed by atoms with E-state index < -0.39 is 0 Å². The quantitative estimate of drug-likeness (QED) is 0.794. The summed E-state index contributed by atoms with van der Waals surface area (Å²) in [6, 6.07) is 12.7.